The Morgan fingerprint density at radius 2 is 1.88 bits per heavy atom. The van der Waals surface area contributed by atoms with E-state index in [1.807, 2.05) is 24.3 Å². The molecule has 1 amide bonds. The highest BCUT2D eigenvalue weighted by molar-refractivity contribution is 6.13. The molecule has 0 unspecified atom stereocenters. The Bertz CT molecular complexity index is 1150. The Kier molecular flexibility index (Phi) is 3.18. The van der Waals surface area contributed by atoms with Gasteiger partial charge in [-0.15, -0.1) is 0 Å². The highest BCUT2D eigenvalue weighted by Crippen LogP contribution is 2.23. The number of carbonyl (C=O) groups is 2. The van der Waals surface area contributed by atoms with Crippen molar-refractivity contribution < 1.29 is 9.59 Å². The number of aromatic nitrogens is 3. The monoisotopic (exact) mass is 344 g/mol. The van der Waals surface area contributed by atoms with Gasteiger partial charge in [0.25, 0.3) is 5.91 Å². The molecule has 0 saturated heterocycles. The lowest BCUT2D eigenvalue weighted by atomic mass is 10.1. The standard InChI is InChI=1S/C20H16N4O2/c25-18(12-4-2-1-3-5-12)15-11-21-24-17-10-13(20(26)22-14-7-8-14)6-9-16(17)23-19(15)24/h1-6,9-11,14,23H,7-8H2,(H,22,26). The van der Waals surface area contributed by atoms with E-state index in [-0.39, 0.29) is 11.7 Å². The zero-order valence-electron chi connectivity index (χ0n) is 13.9. The number of imidazole rings is 1. The number of H-pyrrole nitrogens is 1. The van der Waals surface area contributed by atoms with Gasteiger partial charge in [-0.25, -0.2) is 4.52 Å². The van der Waals surface area contributed by atoms with Gasteiger partial charge in [0.2, 0.25) is 0 Å². The van der Waals surface area contributed by atoms with Gasteiger partial charge in [0.05, 0.1) is 22.8 Å². The number of hydrogen-bond donors (Lipinski definition) is 2. The third-order valence-corrected chi connectivity index (χ3v) is 4.70. The lowest BCUT2D eigenvalue weighted by Crippen LogP contribution is -2.25. The van der Waals surface area contributed by atoms with Crippen LogP contribution in [0, 0.1) is 0 Å². The van der Waals surface area contributed by atoms with Gasteiger partial charge in [-0.05, 0) is 31.0 Å². The predicted octanol–water partition coefficient (Wildman–Crippen LogP) is 2.94. The summed E-state index contributed by atoms with van der Waals surface area (Å²) >= 11 is 0. The average molecular weight is 344 g/mol. The van der Waals surface area contributed by atoms with Crippen LogP contribution < -0.4 is 5.32 Å². The summed E-state index contributed by atoms with van der Waals surface area (Å²) in [7, 11) is 0. The Hall–Kier alpha value is -3.41. The van der Waals surface area contributed by atoms with Crippen molar-refractivity contribution in [2.75, 3.05) is 0 Å². The molecule has 0 radical (unpaired) electrons. The maximum absolute atomic E-state index is 12.8. The van der Waals surface area contributed by atoms with Gasteiger partial charge in [0.1, 0.15) is 5.65 Å². The van der Waals surface area contributed by atoms with Crippen molar-refractivity contribution in [1.29, 1.82) is 0 Å². The third kappa shape index (κ3) is 2.38. The highest BCUT2D eigenvalue weighted by atomic mass is 16.1. The minimum absolute atomic E-state index is 0.0727. The molecule has 128 valence electrons. The van der Waals surface area contributed by atoms with Crippen molar-refractivity contribution in [3.63, 3.8) is 0 Å². The largest absolute Gasteiger partial charge is 0.349 e. The van der Waals surface area contributed by atoms with Gasteiger partial charge >= 0.3 is 0 Å². The summed E-state index contributed by atoms with van der Waals surface area (Å²) < 4.78 is 1.68. The molecule has 2 N–H and O–H groups in total. The number of benzene rings is 2. The number of nitrogens with one attached hydrogen (secondary N) is 2. The van der Waals surface area contributed by atoms with Crippen LogP contribution in [-0.2, 0) is 0 Å². The van der Waals surface area contributed by atoms with E-state index in [0.29, 0.717) is 28.4 Å². The summed E-state index contributed by atoms with van der Waals surface area (Å²) in [6, 6.07) is 14.9. The normalized spacial score (nSPS) is 14.0. The number of hydrogen-bond acceptors (Lipinski definition) is 3. The molecule has 2 aromatic heterocycles. The number of fused-ring (bicyclic) bond motifs is 3. The van der Waals surface area contributed by atoms with Gasteiger partial charge in [0.15, 0.2) is 5.78 Å². The predicted molar refractivity (Wildman–Crippen MR) is 97.4 cm³/mol. The highest BCUT2D eigenvalue weighted by Gasteiger charge is 2.24. The van der Waals surface area contributed by atoms with Gasteiger partial charge in [-0.2, -0.15) is 5.10 Å². The maximum Gasteiger partial charge on any atom is 0.251 e. The van der Waals surface area contributed by atoms with E-state index in [0.717, 1.165) is 23.9 Å². The first-order valence-electron chi connectivity index (χ1n) is 8.61. The van der Waals surface area contributed by atoms with Gasteiger partial charge in [0, 0.05) is 17.2 Å². The molecule has 1 aliphatic carbocycles. The van der Waals surface area contributed by atoms with Crippen molar-refractivity contribution in [2.45, 2.75) is 18.9 Å². The Labute approximate surface area is 148 Å². The van der Waals surface area contributed by atoms with Crippen LogP contribution in [0.3, 0.4) is 0 Å². The summed E-state index contributed by atoms with van der Waals surface area (Å²) in [6.07, 6.45) is 3.66. The van der Waals surface area contributed by atoms with E-state index in [4.69, 9.17) is 0 Å². The number of amides is 1. The summed E-state index contributed by atoms with van der Waals surface area (Å²) in [5, 5.41) is 7.35. The molecule has 0 aliphatic heterocycles. The van der Waals surface area contributed by atoms with E-state index < -0.39 is 0 Å². The summed E-state index contributed by atoms with van der Waals surface area (Å²) in [5.74, 6) is -0.157. The number of carbonyl (C=O) groups excluding carboxylic acids is 2. The molecule has 0 spiro atoms. The van der Waals surface area contributed by atoms with E-state index in [9.17, 15) is 9.59 Å². The lowest BCUT2D eigenvalue weighted by molar-refractivity contribution is 0.0950. The third-order valence-electron chi connectivity index (χ3n) is 4.70. The molecule has 2 aromatic carbocycles. The first kappa shape index (κ1) is 14.9. The van der Waals surface area contributed by atoms with E-state index in [1.165, 1.54) is 0 Å². The second-order valence-electron chi connectivity index (χ2n) is 6.62. The van der Waals surface area contributed by atoms with Gasteiger partial charge in [-0.1, -0.05) is 30.3 Å². The van der Waals surface area contributed by atoms with Crippen molar-refractivity contribution in [1.82, 2.24) is 19.9 Å². The molecule has 1 fully saturated rings. The average Bonchev–Trinajstić information content (AvgIpc) is 3.27. The quantitative estimate of drug-likeness (QED) is 0.559. The van der Waals surface area contributed by atoms with Crippen molar-refractivity contribution >= 4 is 28.4 Å². The molecule has 2 heterocycles. The van der Waals surface area contributed by atoms with Crippen LogP contribution >= 0.6 is 0 Å². The molecule has 26 heavy (non-hydrogen) atoms. The summed E-state index contributed by atoms with van der Waals surface area (Å²) in [4.78, 5) is 28.3. The topological polar surface area (TPSA) is 79.3 Å². The molecule has 0 bridgehead atoms. The Morgan fingerprint density at radius 1 is 1.08 bits per heavy atom. The Morgan fingerprint density at radius 3 is 2.65 bits per heavy atom. The van der Waals surface area contributed by atoms with Crippen LogP contribution in [0.4, 0.5) is 0 Å². The fourth-order valence-corrected chi connectivity index (χ4v) is 3.14. The molecule has 1 aliphatic rings. The fraction of sp³-hybridized carbons (Fsp3) is 0.150. The zero-order chi connectivity index (χ0) is 17.7. The summed E-state index contributed by atoms with van der Waals surface area (Å²) in [6.45, 7) is 0. The SMILES string of the molecule is O=C(NC1CC1)c1ccc2[nH]c3c(C(=O)c4ccccc4)cnn3c2c1. The van der Waals surface area contributed by atoms with E-state index in [1.54, 1.807) is 35.0 Å². The molecule has 6 nitrogen and oxygen atoms in total. The maximum atomic E-state index is 12.8. The number of ketones is 1. The summed E-state index contributed by atoms with van der Waals surface area (Å²) in [5.41, 5.74) is 3.96. The van der Waals surface area contributed by atoms with Crippen LogP contribution in [0.5, 0.6) is 0 Å². The molecule has 4 aromatic rings. The molecule has 0 atom stereocenters. The minimum Gasteiger partial charge on any atom is -0.349 e. The molecular formula is C20H16N4O2. The number of aromatic amines is 1. The van der Waals surface area contributed by atoms with Crippen molar-refractivity contribution in [2.24, 2.45) is 0 Å². The van der Waals surface area contributed by atoms with Crippen molar-refractivity contribution in [3.05, 3.63) is 71.4 Å². The van der Waals surface area contributed by atoms with Crippen molar-refractivity contribution in [3.8, 4) is 0 Å². The molecule has 6 heteroatoms. The van der Waals surface area contributed by atoms with E-state index in [2.05, 4.69) is 15.4 Å². The second-order valence-corrected chi connectivity index (χ2v) is 6.62. The zero-order valence-corrected chi connectivity index (χ0v) is 13.9. The smallest absolute Gasteiger partial charge is 0.251 e. The first-order chi connectivity index (χ1) is 12.7. The number of nitrogens with zero attached hydrogens (tertiary/aromatic N) is 2. The molecular weight excluding hydrogens is 328 g/mol. The van der Waals surface area contributed by atoms with Crippen LogP contribution in [0.25, 0.3) is 16.7 Å². The van der Waals surface area contributed by atoms with Crippen LogP contribution in [0.2, 0.25) is 0 Å². The van der Waals surface area contributed by atoms with Gasteiger partial charge < -0.3 is 10.3 Å². The van der Waals surface area contributed by atoms with Gasteiger partial charge in [-0.3, -0.25) is 9.59 Å². The molecule has 5 rings (SSSR count). The van der Waals surface area contributed by atoms with Crippen LogP contribution in [-0.4, -0.2) is 32.3 Å². The fourth-order valence-electron chi connectivity index (χ4n) is 3.14. The molecule has 1 saturated carbocycles. The Balaban J connectivity index is 1.58. The van der Waals surface area contributed by atoms with Crippen LogP contribution in [0.15, 0.2) is 54.7 Å². The second kappa shape index (κ2) is 5.56. The number of rotatable bonds is 4. The van der Waals surface area contributed by atoms with E-state index >= 15 is 0 Å². The lowest BCUT2D eigenvalue weighted by Gasteiger charge is -2.02. The van der Waals surface area contributed by atoms with Crippen LogP contribution in [0.1, 0.15) is 39.1 Å². The minimum atomic E-state index is -0.0844. The first-order valence-corrected chi connectivity index (χ1v) is 8.61.